The molecule has 212 valence electrons. The van der Waals surface area contributed by atoms with Crippen LogP contribution >= 0.6 is 11.3 Å². The van der Waals surface area contributed by atoms with Crippen molar-refractivity contribution in [2.45, 2.75) is 32.1 Å². The van der Waals surface area contributed by atoms with Gasteiger partial charge in [-0.25, -0.2) is 13.8 Å². The van der Waals surface area contributed by atoms with Crippen molar-refractivity contribution < 1.29 is 18.3 Å². The summed E-state index contributed by atoms with van der Waals surface area (Å²) in [5, 5.41) is 15.3. The topological polar surface area (TPSA) is 124 Å². The van der Waals surface area contributed by atoms with Gasteiger partial charge in [0.1, 0.15) is 22.3 Å². The smallest absolute Gasteiger partial charge is 0.280 e. The van der Waals surface area contributed by atoms with Gasteiger partial charge in [0.05, 0.1) is 18.9 Å². The number of methoxy groups -OCH3 is 1. The fourth-order valence-corrected chi connectivity index (χ4v) is 5.41. The number of carbonyl (C=O) groups excluding carboxylic acids is 1. The summed E-state index contributed by atoms with van der Waals surface area (Å²) in [5.74, 6) is 0.567. The Morgan fingerprint density at radius 2 is 2.05 bits per heavy atom. The van der Waals surface area contributed by atoms with E-state index in [1.165, 1.54) is 47.5 Å². The summed E-state index contributed by atoms with van der Waals surface area (Å²) in [6.45, 7) is 1.79. The molecule has 13 heteroatoms. The molecule has 5 rings (SSSR count). The average Bonchev–Trinajstić information content (AvgIpc) is 3.59. The van der Waals surface area contributed by atoms with Gasteiger partial charge in [0.15, 0.2) is 0 Å². The van der Waals surface area contributed by atoms with Crippen LogP contribution in [0.5, 0.6) is 5.75 Å². The third-order valence-electron chi connectivity index (χ3n) is 6.70. The fraction of sp³-hybridized carbons (Fsp3) is 0.286. The fourth-order valence-electron chi connectivity index (χ4n) is 4.47. The number of allylic oxidation sites excluding steroid dienone is 1. The van der Waals surface area contributed by atoms with Gasteiger partial charge in [0.2, 0.25) is 5.13 Å². The Morgan fingerprint density at radius 1 is 1.22 bits per heavy atom. The first-order chi connectivity index (χ1) is 19.8. The minimum absolute atomic E-state index is 0.0666. The Hall–Kier alpha value is -4.52. The van der Waals surface area contributed by atoms with E-state index in [1.54, 1.807) is 19.2 Å². The van der Waals surface area contributed by atoms with Crippen LogP contribution in [0.25, 0.3) is 16.9 Å². The first-order valence-corrected chi connectivity index (χ1v) is 13.6. The molecule has 4 aromatic heterocycles. The van der Waals surface area contributed by atoms with E-state index in [9.17, 15) is 18.4 Å². The maximum Gasteiger partial charge on any atom is 0.280 e. The number of hydrogen-bond donors (Lipinski definition) is 2. The number of aryl methyl sites for hydroxylation is 1. The van der Waals surface area contributed by atoms with Crippen LogP contribution < -0.4 is 20.9 Å². The monoisotopic (exact) mass is 579 g/mol. The maximum atomic E-state index is 13.6. The van der Waals surface area contributed by atoms with Crippen molar-refractivity contribution in [3.63, 3.8) is 0 Å². The Balaban J connectivity index is 1.50. The molecule has 4 heterocycles. The second-order valence-corrected chi connectivity index (χ2v) is 10.5. The van der Waals surface area contributed by atoms with E-state index in [1.807, 2.05) is 13.2 Å². The van der Waals surface area contributed by atoms with Crippen molar-refractivity contribution in [2.24, 2.45) is 5.92 Å². The van der Waals surface area contributed by atoms with Gasteiger partial charge < -0.3 is 10.1 Å². The molecule has 0 radical (unpaired) electrons. The number of amides is 1. The highest BCUT2D eigenvalue weighted by Gasteiger charge is 2.40. The molecule has 1 unspecified atom stereocenters. The first kappa shape index (κ1) is 28.0. The molecule has 0 aliphatic heterocycles. The van der Waals surface area contributed by atoms with E-state index in [2.05, 4.69) is 36.9 Å². The van der Waals surface area contributed by atoms with Gasteiger partial charge in [-0.05, 0) is 55.6 Å². The lowest BCUT2D eigenvalue weighted by atomic mass is 10.00. The van der Waals surface area contributed by atoms with E-state index in [0.717, 1.165) is 29.5 Å². The number of aromatic nitrogens is 5. The van der Waals surface area contributed by atoms with Crippen LogP contribution in [0.15, 0.2) is 59.9 Å². The summed E-state index contributed by atoms with van der Waals surface area (Å²) in [6, 6.07) is 5.83. The normalized spacial score (nSPS) is 16.2. The molecule has 1 amide bonds. The third kappa shape index (κ3) is 6.14. The summed E-state index contributed by atoms with van der Waals surface area (Å²) < 4.78 is 33.9. The van der Waals surface area contributed by atoms with Crippen LogP contribution in [0.3, 0.4) is 0 Å². The van der Waals surface area contributed by atoms with E-state index >= 15 is 0 Å². The van der Waals surface area contributed by atoms with Crippen LogP contribution in [0.4, 0.5) is 13.9 Å². The molecular formula is C28H27F2N7O3S. The van der Waals surface area contributed by atoms with E-state index < -0.39 is 18.0 Å². The first-order valence-electron chi connectivity index (χ1n) is 12.8. The number of alkyl halides is 2. The largest absolute Gasteiger partial charge is 0.494 e. The minimum Gasteiger partial charge on any atom is -0.494 e. The Bertz CT molecular complexity index is 1670. The molecule has 0 spiro atoms. The van der Waals surface area contributed by atoms with Crippen molar-refractivity contribution in [3.05, 3.63) is 87.3 Å². The number of nitrogens with zero attached hydrogens (tertiary/aromatic N) is 5. The van der Waals surface area contributed by atoms with Gasteiger partial charge in [-0.3, -0.25) is 24.5 Å². The predicted octanol–water partition coefficient (Wildman–Crippen LogP) is 4.88. The lowest BCUT2D eigenvalue weighted by Crippen LogP contribution is -2.19. The van der Waals surface area contributed by atoms with Gasteiger partial charge in [-0.2, -0.15) is 0 Å². The summed E-state index contributed by atoms with van der Waals surface area (Å²) in [7, 11) is 3.22. The van der Waals surface area contributed by atoms with Gasteiger partial charge in [0, 0.05) is 42.6 Å². The van der Waals surface area contributed by atoms with Crippen LogP contribution in [0, 0.1) is 12.8 Å². The highest BCUT2D eigenvalue weighted by atomic mass is 32.1. The van der Waals surface area contributed by atoms with Crippen LogP contribution in [0.2, 0.25) is 0 Å². The lowest BCUT2D eigenvalue weighted by Gasteiger charge is -2.15. The van der Waals surface area contributed by atoms with Crippen LogP contribution in [0.1, 0.15) is 51.8 Å². The van der Waals surface area contributed by atoms with Crippen LogP contribution in [-0.2, 0) is 0 Å². The van der Waals surface area contributed by atoms with E-state index in [-0.39, 0.29) is 39.7 Å². The summed E-state index contributed by atoms with van der Waals surface area (Å²) >= 11 is 1.29. The summed E-state index contributed by atoms with van der Waals surface area (Å²) in [4.78, 5) is 34.3. The van der Waals surface area contributed by atoms with Gasteiger partial charge in [-0.1, -0.05) is 17.4 Å². The quantitative estimate of drug-likeness (QED) is 0.273. The number of nitrogens with one attached hydrogen (secondary N) is 2. The minimum atomic E-state index is -2.85. The summed E-state index contributed by atoms with van der Waals surface area (Å²) in [6.07, 6.45) is 7.07. The third-order valence-corrected chi connectivity index (χ3v) is 7.67. The van der Waals surface area contributed by atoms with Crippen molar-refractivity contribution in [2.75, 3.05) is 19.5 Å². The number of pyridine rings is 3. The molecule has 1 aliphatic carbocycles. The zero-order valence-corrected chi connectivity index (χ0v) is 23.3. The van der Waals surface area contributed by atoms with Crippen molar-refractivity contribution in [1.82, 2.24) is 30.0 Å². The number of carbonyl (C=O) groups is 1. The SMILES string of the molecule is CN/C=C\C[C@H]1CC1c1nnc(NC(=O)c2cnc(-n3ccc(C)cc3=O)cc2-c2cc(C(F)F)ncc2OC)s1. The average molecular weight is 580 g/mol. The molecule has 0 aromatic carbocycles. The number of rotatable bonds is 10. The number of hydrogen-bond acceptors (Lipinski definition) is 9. The zero-order valence-electron chi connectivity index (χ0n) is 22.5. The second kappa shape index (κ2) is 11.9. The highest BCUT2D eigenvalue weighted by molar-refractivity contribution is 7.15. The van der Waals surface area contributed by atoms with Gasteiger partial charge >= 0.3 is 0 Å². The maximum absolute atomic E-state index is 13.6. The number of halogens is 2. The summed E-state index contributed by atoms with van der Waals surface area (Å²) in [5.41, 5.74) is 0.428. The number of anilines is 1. The molecule has 1 fully saturated rings. The van der Waals surface area contributed by atoms with E-state index in [4.69, 9.17) is 4.74 Å². The van der Waals surface area contributed by atoms with Crippen LogP contribution in [-0.4, -0.2) is 44.8 Å². The Kier molecular flexibility index (Phi) is 8.15. The van der Waals surface area contributed by atoms with Crippen molar-refractivity contribution in [3.8, 4) is 22.7 Å². The molecule has 41 heavy (non-hydrogen) atoms. The van der Waals surface area contributed by atoms with Crippen molar-refractivity contribution >= 4 is 22.4 Å². The molecule has 2 atom stereocenters. The van der Waals surface area contributed by atoms with Crippen molar-refractivity contribution in [1.29, 1.82) is 0 Å². The molecule has 10 nitrogen and oxygen atoms in total. The molecule has 4 aromatic rings. The zero-order chi connectivity index (χ0) is 29.1. The molecular weight excluding hydrogens is 552 g/mol. The second-order valence-electron chi connectivity index (χ2n) is 9.54. The predicted molar refractivity (Wildman–Crippen MR) is 151 cm³/mol. The van der Waals surface area contributed by atoms with Gasteiger partial charge in [0.25, 0.3) is 17.9 Å². The molecule has 1 aliphatic rings. The molecule has 2 N–H and O–H groups in total. The Morgan fingerprint density at radius 3 is 2.78 bits per heavy atom. The molecule has 1 saturated carbocycles. The molecule has 0 bridgehead atoms. The number of ether oxygens (including phenoxy) is 1. The van der Waals surface area contributed by atoms with Gasteiger partial charge in [-0.15, -0.1) is 10.2 Å². The standard InChI is InChI=1S/C28H27F2N7O3S/c1-15-6-8-37(24(38)9-15)23-12-18(19-11-21(25(29)30)32-14-22(19)40-3)20(13-33-23)26(39)34-28-36-35-27(41-28)17-10-16(17)5-4-7-31-2/h4,6-9,11-14,16-17,25,31H,5,10H2,1-3H3,(H,34,36,39)/b7-4-/t16-,17?/m0/s1. The Labute approximate surface area is 238 Å². The lowest BCUT2D eigenvalue weighted by molar-refractivity contribution is 0.102. The molecule has 0 saturated heterocycles. The highest BCUT2D eigenvalue weighted by Crippen LogP contribution is 2.51. The van der Waals surface area contributed by atoms with E-state index in [0.29, 0.717) is 11.0 Å².